The van der Waals surface area contributed by atoms with Crippen LogP contribution < -0.4 is 9.47 Å². The Labute approximate surface area is 243 Å². The van der Waals surface area contributed by atoms with Crippen LogP contribution in [0.2, 0.25) is 0 Å². The zero-order chi connectivity index (χ0) is 31.7. The maximum Gasteiger partial charge on any atom is 0.514 e. The standard InChI is InChI=1S/C27H27NO15/c1-14(29)38-21-22(39-15(2)30)24(40-16(3)31)26(43-23(21)25(32)36-4)41-19-9-5-17(6-10-19)13-37-27(33)42-20-11-7-18(8-12-20)28(34)35/h5-12,21-24,26H,13H2,1-4H3/t21-,22-,23-,24+,26?/m0/s1. The second-order valence-electron chi connectivity index (χ2n) is 8.82. The number of esters is 4. The molecule has 0 radical (unpaired) electrons. The van der Waals surface area contributed by atoms with E-state index >= 15 is 0 Å². The minimum Gasteiger partial charge on any atom is -0.467 e. The molecule has 1 fully saturated rings. The summed E-state index contributed by atoms with van der Waals surface area (Å²) in [5.74, 6) is -3.29. The Kier molecular flexibility index (Phi) is 10.9. The molecule has 1 saturated heterocycles. The predicted molar refractivity (Wildman–Crippen MR) is 138 cm³/mol. The van der Waals surface area contributed by atoms with Gasteiger partial charge >= 0.3 is 30.0 Å². The molecule has 230 valence electrons. The van der Waals surface area contributed by atoms with Crippen LogP contribution in [0.3, 0.4) is 0 Å². The lowest BCUT2D eigenvalue weighted by Crippen LogP contribution is -2.64. The molecule has 3 rings (SSSR count). The third-order valence-corrected chi connectivity index (χ3v) is 5.62. The minimum atomic E-state index is -1.62. The number of non-ortho nitro benzene ring substituents is 1. The molecule has 16 nitrogen and oxygen atoms in total. The van der Waals surface area contributed by atoms with Crippen molar-refractivity contribution in [3.63, 3.8) is 0 Å². The Hall–Kier alpha value is -5.25. The number of carbonyl (C=O) groups is 5. The highest BCUT2D eigenvalue weighted by Crippen LogP contribution is 2.31. The van der Waals surface area contributed by atoms with Crippen LogP contribution >= 0.6 is 0 Å². The topological polar surface area (TPSA) is 202 Å². The molecule has 0 aliphatic carbocycles. The fourth-order valence-electron chi connectivity index (χ4n) is 3.88. The van der Waals surface area contributed by atoms with Crippen molar-refractivity contribution < 1.29 is 66.8 Å². The van der Waals surface area contributed by atoms with Gasteiger partial charge in [-0.2, -0.15) is 0 Å². The van der Waals surface area contributed by atoms with Crippen molar-refractivity contribution >= 4 is 35.7 Å². The molecule has 0 N–H and O–H groups in total. The summed E-state index contributed by atoms with van der Waals surface area (Å²) in [6.07, 6.45) is -8.75. The van der Waals surface area contributed by atoms with Crippen molar-refractivity contribution in [1.29, 1.82) is 0 Å². The number of carbonyl (C=O) groups excluding carboxylic acids is 5. The highest BCUT2D eigenvalue weighted by atomic mass is 16.7. The average Bonchev–Trinajstić information content (AvgIpc) is 2.94. The molecule has 0 aromatic heterocycles. The van der Waals surface area contributed by atoms with E-state index in [2.05, 4.69) is 0 Å². The van der Waals surface area contributed by atoms with E-state index in [0.29, 0.717) is 5.56 Å². The van der Waals surface area contributed by atoms with Crippen LogP contribution in [-0.4, -0.2) is 72.8 Å². The SMILES string of the molecule is COC(=O)[C@H]1OC(Oc2ccc(COC(=O)Oc3ccc([N+](=O)[O-])cc3)cc2)[C@H](OC(C)=O)[C@@H](OC(C)=O)[C@@H]1OC(C)=O. The Morgan fingerprint density at radius 1 is 0.791 bits per heavy atom. The summed E-state index contributed by atoms with van der Waals surface area (Å²) < 4.78 is 42.1. The van der Waals surface area contributed by atoms with Gasteiger partial charge in [0.2, 0.25) is 12.4 Å². The van der Waals surface area contributed by atoms with Crippen LogP contribution in [0.15, 0.2) is 48.5 Å². The van der Waals surface area contributed by atoms with Crippen molar-refractivity contribution in [3.8, 4) is 11.5 Å². The molecule has 0 spiro atoms. The highest BCUT2D eigenvalue weighted by molar-refractivity contribution is 5.77. The van der Waals surface area contributed by atoms with Gasteiger partial charge in [0.1, 0.15) is 18.1 Å². The summed E-state index contributed by atoms with van der Waals surface area (Å²) in [7, 11) is 1.06. The summed E-state index contributed by atoms with van der Waals surface area (Å²) in [4.78, 5) is 70.3. The second kappa shape index (κ2) is 14.6. The van der Waals surface area contributed by atoms with Crippen molar-refractivity contribution in [2.45, 2.75) is 58.1 Å². The van der Waals surface area contributed by atoms with Gasteiger partial charge in [0.05, 0.1) is 12.0 Å². The van der Waals surface area contributed by atoms with E-state index in [9.17, 15) is 34.1 Å². The summed E-state index contributed by atoms with van der Waals surface area (Å²) in [6.45, 7) is 2.99. The van der Waals surface area contributed by atoms with Gasteiger partial charge in [-0.3, -0.25) is 24.5 Å². The first-order valence-corrected chi connectivity index (χ1v) is 12.5. The summed E-state index contributed by atoms with van der Waals surface area (Å²) in [5, 5.41) is 10.7. The van der Waals surface area contributed by atoms with Crippen LogP contribution in [0.5, 0.6) is 11.5 Å². The first kappa shape index (κ1) is 32.3. The lowest BCUT2D eigenvalue weighted by Gasteiger charge is -2.43. The molecule has 2 aromatic rings. The molecule has 0 amide bonds. The molecule has 0 saturated carbocycles. The van der Waals surface area contributed by atoms with E-state index in [-0.39, 0.29) is 23.8 Å². The maximum absolute atomic E-state index is 12.5. The average molecular weight is 606 g/mol. The zero-order valence-electron chi connectivity index (χ0n) is 23.3. The van der Waals surface area contributed by atoms with Gasteiger partial charge in [-0.1, -0.05) is 12.1 Å². The molecule has 1 unspecified atom stereocenters. The van der Waals surface area contributed by atoms with E-state index < -0.39 is 65.7 Å². The predicted octanol–water partition coefficient (Wildman–Crippen LogP) is 2.38. The van der Waals surface area contributed by atoms with Gasteiger partial charge in [0, 0.05) is 32.9 Å². The van der Waals surface area contributed by atoms with Crippen molar-refractivity contribution in [2.75, 3.05) is 7.11 Å². The minimum absolute atomic E-state index is 0.0439. The van der Waals surface area contributed by atoms with Crippen LogP contribution in [0, 0.1) is 10.1 Å². The molecule has 16 heteroatoms. The highest BCUT2D eigenvalue weighted by Gasteiger charge is 2.55. The van der Waals surface area contributed by atoms with E-state index in [1.807, 2.05) is 0 Å². The van der Waals surface area contributed by atoms with E-state index in [1.165, 1.54) is 48.5 Å². The fraction of sp³-hybridized carbons (Fsp3) is 0.370. The number of hydrogen-bond acceptors (Lipinski definition) is 15. The maximum atomic E-state index is 12.5. The number of rotatable bonds is 10. The number of ether oxygens (including phenoxy) is 8. The first-order chi connectivity index (χ1) is 20.4. The Morgan fingerprint density at radius 2 is 1.33 bits per heavy atom. The molecular formula is C27H27NO15. The van der Waals surface area contributed by atoms with E-state index in [1.54, 1.807) is 0 Å². The molecular weight excluding hydrogens is 578 g/mol. The van der Waals surface area contributed by atoms with Gasteiger partial charge in [-0.15, -0.1) is 0 Å². The van der Waals surface area contributed by atoms with Crippen LogP contribution in [0.1, 0.15) is 26.3 Å². The van der Waals surface area contributed by atoms with E-state index in [4.69, 9.17) is 37.9 Å². The largest absolute Gasteiger partial charge is 0.514 e. The van der Waals surface area contributed by atoms with Gasteiger partial charge in [0.25, 0.3) is 5.69 Å². The summed E-state index contributed by atoms with van der Waals surface area (Å²) in [5.41, 5.74) is 0.321. The van der Waals surface area contributed by atoms with Gasteiger partial charge in [-0.25, -0.2) is 9.59 Å². The number of nitrogens with zero attached hydrogens (tertiary/aromatic N) is 1. The smallest absolute Gasteiger partial charge is 0.467 e. The van der Waals surface area contributed by atoms with Crippen molar-refractivity contribution in [2.24, 2.45) is 0 Å². The number of nitro groups is 1. The van der Waals surface area contributed by atoms with Gasteiger partial charge in [-0.05, 0) is 29.8 Å². The zero-order valence-corrected chi connectivity index (χ0v) is 23.3. The number of hydrogen-bond donors (Lipinski definition) is 0. The summed E-state index contributed by atoms with van der Waals surface area (Å²) >= 11 is 0. The number of methoxy groups -OCH3 is 1. The molecule has 5 atom stereocenters. The Bertz CT molecular complexity index is 1340. The van der Waals surface area contributed by atoms with Crippen LogP contribution in [-0.2, 0) is 54.2 Å². The molecule has 2 aromatic carbocycles. The Morgan fingerprint density at radius 3 is 1.86 bits per heavy atom. The normalized spacial score (nSPS) is 21.0. The number of benzene rings is 2. The quantitative estimate of drug-likeness (QED) is 0.125. The monoisotopic (exact) mass is 605 g/mol. The Balaban J connectivity index is 1.73. The lowest BCUT2D eigenvalue weighted by molar-refractivity contribution is -0.384. The van der Waals surface area contributed by atoms with E-state index in [0.717, 1.165) is 27.9 Å². The molecule has 1 heterocycles. The van der Waals surface area contributed by atoms with Crippen molar-refractivity contribution in [1.82, 2.24) is 0 Å². The fourth-order valence-corrected chi connectivity index (χ4v) is 3.88. The van der Waals surface area contributed by atoms with Crippen molar-refractivity contribution in [3.05, 3.63) is 64.2 Å². The molecule has 1 aliphatic heterocycles. The second-order valence-corrected chi connectivity index (χ2v) is 8.82. The molecule has 43 heavy (non-hydrogen) atoms. The summed E-state index contributed by atoms with van der Waals surface area (Å²) in [6, 6.07) is 10.7. The number of nitro benzene ring substituents is 1. The van der Waals surface area contributed by atoms with Gasteiger partial charge < -0.3 is 37.9 Å². The lowest BCUT2D eigenvalue weighted by atomic mass is 9.97. The third kappa shape index (κ3) is 9.12. The van der Waals surface area contributed by atoms with Crippen LogP contribution in [0.4, 0.5) is 10.5 Å². The van der Waals surface area contributed by atoms with Crippen LogP contribution in [0.25, 0.3) is 0 Å². The molecule has 0 bridgehead atoms. The molecule has 1 aliphatic rings. The first-order valence-electron chi connectivity index (χ1n) is 12.5. The van der Waals surface area contributed by atoms with Gasteiger partial charge in [0.15, 0.2) is 18.3 Å². The third-order valence-electron chi connectivity index (χ3n) is 5.62.